The molecule has 0 saturated heterocycles. The van der Waals surface area contributed by atoms with Gasteiger partial charge in [0.25, 0.3) is 30.4 Å². The zero-order valence-corrected chi connectivity index (χ0v) is 34.2. The molecule has 316 valence electrons. The van der Waals surface area contributed by atoms with E-state index < -0.39 is 133 Å². The van der Waals surface area contributed by atoms with E-state index in [0.717, 1.165) is 30.3 Å². The van der Waals surface area contributed by atoms with Crippen LogP contribution in [0.15, 0.2) is 84.4 Å². The van der Waals surface area contributed by atoms with Crippen LogP contribution in [0.4, 0.5) is 34.6 Å². The normalized spacial score (nSPS) is 12.9. The van der Waals surface area contributed by atoms with Crippen molar-refractivity contribution in [2.75, 3.05) is 30.1 Å². The molecule has 0 radical (unpaired) electrons. The largest absolute Gasteiger partial charge is 0.505 e. The summed E-state index contributed by atoms with van der Waals surface area (Å²) in [6.45, 7) is 0.551. The Morgan fingerprint density at radius 1 is 0.712 bits per heavy atom. The fourth-order valence-electron chi connectivity index (χ4n) is 5.06. The standard InChI is InChI=1S/C29H26ClN7O17S5/c1-14-3-5-18(22(9-14)57(44,45)46)36-37-25-23(58(47,48)49)11-15-10-17(56(41,42)43)13-20(24(15)26(25)38)32-29-34-27(30)33-28(35-29)31-19-12-16(4-6-21(19)53-2)55(39,40)8-7-54-59(50,51)52/h3-6,9-13,38H,7-8H2,1-2H3,(H,41,42,43)(H,44,45,46)(H,47,48,49)(H,50,51,52)(H2,31,32,33,34,35). The number of phenols is 1. The first-order valence-electron chi connectivity index (χ1n) is 15.4. The summed E-state index contributed by atoms with van der Waals surface area (Å²) in [6, 6.07) is 8.87. The number of aromatic nitrogens is 3. The van der Waals surface area contributed by atoms with Crippen molar-refractivity contribution in [2.24, 2.45) is 10.2 Å². The summed E-state index contributed by atoms with van der Waals surface area (Å²) in [5, 5.41) is 22.4. The maximum absolute atomic E-state index is 12.9. The molecule has 0 aliphatic carbocycles. The van der Waals surface area contributed by atoms with Crippen molar-refractivity contribution < 1.29 is 74.3 Å². The van der Waals surface area contributed by atoms with Gasteiger partial charge in [-0.1, -0.05) is 6.07 Å². The van der Waals surface area contributed by atoms with E-state index in [9.17, 15) is 60.9 Å². The lowest BCUT2D eigenvalue weighted by Crippen LogP contribution is -2.15. The molecule has 0 aliphatic heterocycles. The number of fused-ring (bicyclic) bond motifs is 1. The first-order chi connectivity index (χ1) is 27.2. The van der Waals surface area contributed by atoms with E-state index in [-0.39, 0.29) is 11.4 Å². The van der Waals surface area contributed by atoms with Gasteiger partial charge in [-0.05, 0) is 78.0 Å². The van der Waals surface area contributed by atoms with Crippen molar-refractivity contribution in [2.45, 2.75) is 26.5 Å². The van der Waals surface area contributed by atoms with Crippen LogP contribution in [0.5, 0.6) is 11.5 Å². The number of sulfone groups is 1. The molecule has 0 spiro atoms. The number of methoxy groups -OCH3 is 1. The second-order valence-corrected chi connectivity index (χ2v) is 19.4. The highest BCUT2D eigenvalue weighted by Gasteiger charge is 2.27. The second kappa shape index (κ2) is 16.4. The number of rotatable bonds is 15. The molecule has 5 aromatic rings. The molecule has 4 aromatic carbocycles. The van der Waals surface area contributed by atoms with Crippen molar-refractivity contribution >= 4 is 108 Å². The van der Waals surface area contributed by atoms with Crippen LogP contribution in [0.25, 0.3) is 10.8 Å². The maximum atomic E-state index is 12.9. The number of nitrogens with zero attached hydrogens (tertiary/aromatic N) is 5. The number of benzene rings is 4. The number of aromatic hydroxyl groups is 1. The number of ether oxygens (including phenoxy) is 1. The lowest BCUT2D eigenvalue weighted by atomic mass is 10.1. The van der Waals surface area contributed by atoms with Gasteiger partial charge in [0, 0.05) is 5.39 Å². The van der Waals surface area contributed by atoms with Gasteiger partial charge in [0.15, 0.2) is 15.6 Å². The predicted molar refractivity (Wildman–Crippen MR) is 204 cm³/mol. The summed E-state index contributed by atoms with van der Waals surface area (Å²) in [6.07, 6.45) is 0. The van der Waals surface area contributed by atoms with Gasteiger partial charge >= 0.3 is 10.4 Å². The first-order valence-corrected chi connectivity index (χ1v) is 23.1. The number of nitrogens with one attached hydrogen (secondary N) is 2. The van der Waals surface area contributed by atoms with Gasteiger partial charge in [0.05, 0.1) is 40.6 Å². The number of aryl methyl sites for hydroxylation is 1. The average Bonchev–Trinajstić information content (AvgIpc) is 3.09. The maximum Gasteiger partial charge on any atom is 0.397 e. The highest BCUT2D eigenvalue weighted by atomic mass is 35.5. The van der Waals surface area contributed by atoms with E-state index in [4.69, 9.17) is 20.9 Å². The number of azo groups is 1. The summed E-state index contributed by atoms with van der Waals surface area (Å²) in [7, 11) is -23.3. The van der Waals surface area contributed by atoms with Crippen molar-refractivity contribution in [1.82, 2.24) is 15.0 Å². The fourth-order valence-corrected chi connectivity index (χ4v) is 8.64. The lowest BCUT2D eigenvalue weighted by molar-refractivity contribution is 0.284. The molecular weight excluding hydrogens is 914 g/mol. The van der Waals surface area contributed by atoms with Gasteiger partial charge in [-0.2, -0.15) is 48.6 Å². The van der Waals surface area contributed by atoms with Crippen LogP contribution in [-0.4, -0.2) is 99.8 Å². The highest BCUT2D eigenvalue weighted by Crippen LogP contribution is 2.46. The molecular formula is C29H26ClN7O17S5. The summed E-state index contributed by atoms with van der Waals surface area (Å²) >= 11 is 6.14. The van der Waals surface area contributed by atoms with Gasteiger partial charge in [-0.15, -0.1) is 10.2 Å². The summed E-state index contributed by atoms with van der Waals surface area (Å²) in [5.74, 6) is -3.01. The van der Waals surface area contributed by atoms with Crippen molar-refractivity contribution in [3.8, 4) is 11.5 Å². The van der Waals surface area contributed by atoms with Gasteiger partial charge < -0.3 is 20.5 Å². The van der Waals surface area contributed by atoms with Gasteiger partial charge in [-0.25, -0.2) is 12.6 Å². The van der Waals surface area contributed by atoms with Crippen LogP contribution < -0.4 is 15.4 Å². The zero-order chi connectivity index (χ0) is 43.9. The first kappa shape index (κ1) is 44.9. The van der Waals surface area contributed by atoms with Crippen LogP contribution >= 0.6 is 11.6 Å². The molecule has 0 atom stereocenters. The number of phenolic OH excluding ortho intramolecular Hbond substituents is 1. The van der Waals surface area contributed by atoms with Crippen LogP contribution in [0.3, 0.4) is 0 Å². The summed E-state index contributed by atoms with van der Waals surface area (Å²) < 4.78 is 169. The Labute approximate surface area is 339 Å². The van der Waals surface area contributed by atoms with E-state index in [1.165, 1.54) is 26.2 Å². The third kappa shape index (κ3) is 10.9. The molecule has 5 rings (SSSR count). The second-order valence-electron chi connectivity index (χ2n) is 11.7. The van der Waals surface area contributed by atoms with E-state index >= 15 is 0 Å². The minimum atomic E-state index is -5.35. The number of hydrogen-bond acceptors (Lipinski definition) is 20. The van der Waals surface area contributed by atoms with E-state index in [0.29, 0.717) is 17.7 Å². The number of halogens is 1. The monoisotopic (exact) mass is 939 g/mol. The van der Waals surface area contributed by atoms with Crippen LogP contribution in [0.2, 0.25) is 5.28 Å². The summed E-state index contributed by atoms with van der Waals surface area (Å²) in [5.41, 5.74) is -1.83. The lowest BCUT2D eigenvalue weighted by Gasteiger charge is -2.16. The number of hydrogen-bond donors (Lipinski definition) is 7. The van der Waals surface area contributed by atoms with Crippen molar-refractivity contribution in [1.29, 1.82) is 0 Å². The molecule has 0 amide bonds. The topological polar surface area (TPSA) is 378 Å². The molecule has 0 unspecified atom stereocenters. The Morgan fingerprint density at radius 2 is 1.32 bits per heavy atom. The minimum absolute atomic E-state index is 0.00614. The molecule has 1 heterocycles. The molecule has 59 heavy (non-hydrogen) atoms. The Morgan fingerprint density at radius 3 is 1.90 bits per heavy atom. The molecule has 0 aliphatic rings. The van der Waals surface area contributed by atoms with Gasteiger partial charge in [-0.3, -0.25) is 18.2 Å². The Balaban J connectivity index is 1.64. The Bertz CT molecular complexity index is 3130. The number of anilines is 4. The van der Waals surface area contributed by atoms with E-state index in [1.54, 1.807) is 0 Å². The van der Waals surface area contributed by atoms with Crippen LogP contribution in [-0.2, 0) is 54.8 Å². The molecule has 0 fully saturated rings. The SMILES string of the molecule is COc1ccc(S(=O)(=O)CCOS(=O)(=O)O)cc1Nc1nc(Cl)nc(Nc2cc(S(=O)(=O)O)cc3cc(S(=O)(=O)O)c(N=Nc4ccc(C)cc4S(=O)(=O)O)c(O)c23)n1. The smallest absolute Gasteiger partial charge is 0.397 e. The van der Waals surface area contributed by atoms with Crippen molar-refractivity contribution in [3.63, 3.8) is 0 Å². The molecule has 30 heteroatoms. The molecule has 7 N–H and O–H groups in total. The predicted octanol–water partition coefficient (Wildman–Crippen LogP) is 3.94. The van der Waals surface area contributed by atoms with E-state index in [1.807, 2.05) is 0 Å². The highest BCUT2D eigenvalue weighted by molar-refractivity contribution is 7.91. The van der Waals surface area contributed by atoms with Gasteiger partial charge in [0.2, 0.25) is 17.2 Å². The third-order valence-electron chi connectivity index (χ3n) is 7.57. The third-order valence-corrected chi connectivity index (χ3v) is 12.5. The van der Waals surface area contributed by atoms with Gasteiger partial charge in [0.1, 0.15) is 26.9 Å². The summed E-state index contributed by atoms with van der Waals surface area (Å²) in [4.78, 5) is 8.63. The van der Waals surface area contributed by atoms with E-state index in [2.05, 4.69) is 40.0 Å². The van der Waals surface area contributed by atoms with Crippen molar-refractivity contribution in [3.05, 3.63) is 65.4 Å². The van der Waals surface area contributed by atoms with Crippen LogP contribution in [0, 0.1) is 6.92 Å². The Hall–Kier alpha value is -5.21. The molecule has 0 saturated carbocycles. The fraction of sp³-hybridized carbons (Fsp3) is 0.138. The average molecular weight is 940 g/mol. The zero-order valence-electron chi connectivity index (χ0n) is 29.4. The quantitative estimate of drug-likeness (QED) is 0.0577. The Kier molecular flexibility index (Phi) is 12.5. The molecule has 0 bridgehead atoms. The minimum Gasteiger partial charge on any atom is -0.505 e. The molecule has 24 nitrogen and oxygen atoms in total. The molecule has 1 aromatic heterocycles. The van der Waals surface area contributed by atoms with Crippen LogP contribution in [0.1, 0.15) is 5.56 Å².